The highest BCUT2D eigenvalue weighted by molar-refractivity contribution is 5.84. The van der Waals surface area contributed by atoms with Crippen LogP contribution in [0, 0.1) is 17.5 Å². The van der Waals surface area contributed by atoms with Gasteiger partial charge in [-0.25, -0.2) is 23.1 Å². The molecular formula is C26H23F3N2. The molecule has 31 heavy (non-hydrogen) atoms. The second-order valence-electron chi connectivity index (χ2n) is 7.70. The normalized spacial score (nSPS) is 11.2. The molecule has 0 aliphatic heterocycles. The van der Waals surface area contributed by atoms with Crippen molar-refractivity contribution in [1.29, 1.82) is 0 Å². The van der Waals surface area contributed by atoms with E-state index in [0.29, 0.717) is 29.4 Å². The van der Waals surface area contributed by atoms with Crippen LogP contribution in [0.4, 0.5) is 13.2 Å². The third-order valence-corrected chi connectivity index (χ3v) is 5.57. The van der Waals surface area contributed by atoms with E-state index in [4.69, 9.17) is 0 Å². The number of hydrogen-bond acceptors (Lipinski definition) is 2. The molecule has 1 heterocycles. The maximum absolute atomic E-state index is 15.0. The number of nitrogens with zero attached hydrogens (tertiary/aromatic N) is 2. The van der Waals surface area contributed by atoms with Crippen LogP contribution in [0.5, 0.6) is 0 Å². The first-order valence-electron chi connectivity index (χ1n) is 10.5. The van der Waals surface area contributed by atoms with E-state index in [1.165, 1.54) is 12.1 Å². The van der Waals surface area contributed by atoms with E-state index in [9.17, 15) is 8.78 Å². The molecule has 0 radical (unpaired) electrons. The van der Waals surface area contributed by atoms with Crippen molar-refractivity contribution in [2.75, 3.05) is 0 Å². The highest BCUT2D eigenvalue weighted by Crippen LogP contribution is 2.24. The van der Waals surface area contributed by atoms with Crippen molar-refractivity contribution in [3.05, 3.63) is 106 Å². The van der Waals surface area contributed by atoms with Gasteiger partial charge in [0.15, 0.2) is 11.6 Å². The molecule has 0 amide bonds. The summed E-state index contributed by atoms with van der Waals surface area (Å²) in [6.45, 7) is 2.07. The maximum atomic E-state index is 15.0. The summed E-state index contributed by atoms with van der Waals surface area (Å²) in [4.78, 5) is 8.79. The Morgan fingerprint density at radius 3 is 2.13 bits per heavy atom. The number of benzene rings is 3. The molecule has 0 unspecified atom stereocenters. The second kappa shape index (κ2) is 9.29. The molecule has 5 heteroatoms. The Bertz CT molecular complexity index is 1200. The predicted octanol–water partition coefficient (Wildman–Crippen LogP) is 6.18. The minimum Gasteiger partial charge on any atom is -0.241 e. The summed E-state index contributed by atoms with van der Waals surface area (Å²) in [6, 6.07) is 13.2. The van der Waals surface area contributed by atoms with Gasteiger partial charge in [-0.05, 0) is 65.5 Å². The average Bonchev–Trinajstić information content (AvgIpc) is 2.80. The molecule has 4 aromatic rings. The van der Waals surface area contributed by atoms with Crippen LogP contribution in [0.1, 0.15) is 35.0 Å². The van der Waals surface area contributed by atoms with Crippen LogP contribution in [0.3, 0.4) is 0 Å². The van der Waals surface area contributed by atoms with Crippen molar-refractivity contribution in [2.45, 2.75) is 39.0 Å². The molecule has 0 bridgehead atoms. The van der Waals surface area contributed by atoms with Crippen molar-refractivity contribution in [3.8, 4) is 0 Å². The Balaban J connectivity index is 1.45. The van der Waals surface area contributed by atoms with Gasteiger partial charge in [-0.2, -0.15) is 0 Å². The van der Waals surface area contributed by atoms with Gasteiger partial charge < -0.3 is 0 Å². The molecule has 0 spiro atoms. The van der Waals surface area contributed by atoms with Gasteiger partial charge in [0.25, 0.3) is 0 Å². The van der Waals surface area contributed by atoms with Crippen LogP contribution in [-0.2, 0) is 32.1 Å². The van der Waals surface area contributed by atoms with E-state index in [1.807, 2.05) is 36.7 Å². The van der Waals surface area contributed by atoms with Gasteiger partial charge >= 0.3 is 0 Å². The molecule has 0 atom stereocenters. The van der Waals surface area contributed by atoms with Crippen LogP contribution in [0.2, 0.25) is 0 Å². The standard InChI is InChI=1S/C26H23F3N2/c1-2-17-15-30-25(31-16-17)12-6-18-4-10-22-21(13-18)9-8-20(26(22)29)7-3-19-5-11-23(27)24(28)14-19/h4-5,8-11,13-16H,2-3,6-7,12H2,1H3. The highest BCUT2D eigenvalue weighted by atomic mass is 19.2. The monoisotopic (exact) mass is 420 g/mol. The SMILES string of the molecule is CCc1cnc(CCc2ccc3c(F)c(CCc4ccc(F)c(F)c4)ccc3c2)nc1. The van der Waals surface area contributed by atoms with E-state index in [0.717, 1.165) is 47.7 Å². The molecule has 158 valence electrons. The summed E-state index contributed by atoms with van der Waals surface area (Å²) in [6.07, 6.45) is 7.00. The van der Waals surface area contributed by atoms with Crippen molar-refractivity contribution in [2.24, 2.45) is 0 Å². The fourth-order valence-electron chi connectivity index (χ4n) is 3.66. The van der Waals surface area contributed by atoms with Gasteiger partial charge in [-0.1, -0.05) is 43.3 Å². The summed E-state index contributed by atoms with van der Waals surface area (Å²) in [5.74, 6) is -1.21. The van der Waals surface area contributed by atoms with Crippen LogP contribution >= 0.6 is 0 Å². The fraction of sp³-hybridized carbons (Fsp3) is 0.231. The predicted molar refractivity (Wildman–Crippen MR) is 116 cm³/mol. The highest BCUT2D eigenvalue weighted by Gasteiger charge is 2.10. The fourth-order valence-corrected chi connectivity index (χ4v) is 3.66. The molecule has 0 fully saturated rings. The zero-order valence-corrected chi connectivity index (χ0v) is 17.3. The number of rotatable bonds is 7. The van der Waals surface area contributed by atoms with E-state index in [1.54, 1.807) is 6.07 Å². The van der Waals surface area contributed by atoms with Crippen molar-refractivity contribution >= 4 is 10.8 Å². The molecule has 0 aliphatic carbocycles. The lowest BCUT2D eigenvalue weighted by Crippen LogP contribution is -2.00. The molecule has 1 aromatic heterocycles. The summed E-state index contributed by atoms with van der Waals surface area (Å²) in [5, 5.41) is 1.41. The van der Waals surface area contributed by atoms with Gasteiger partial charge in [0.1, 0.15) is 11.6 Å². The van der Waals surface area contributed by atoms with Gasteiger partial charge in [0.2, 0.25) is 0 Å². The molecule has 0 N–H and O–H groups in total. The number of hydrogen-bond donors (Lipinski definition) is 0. The van der Waals surface area contributed by atoms with Crippen LogP contribution in [0.15, 0.2) is 60.9 Å². The Labute approximate surface area is 179 Å². The van der Waals surface area contributed by atoms with Crippen molar-refractivity contribution in [1.82, 2.24) is 9.97 Å². The lowest BCUT2D eigenvalue weighted by molar-refractivity contribution is 0.507. The second-order valence-corrected chi connectivity index (χ2v) is 7.70. The zero-order valence-electron chi connectivity index (χ0n) is 17.3. The summed E-state index contributed by atoms with van der Waals surface area (Å²) < 4.78 is 41.5. The Hall–Kier alpha value is -3.21. The smallest absolute Gasteiger partial charge is 0.159 e. The molecule has 0 saturated heterocycles. The van der Waals surface area contributed by atoms with Crippen LogP contribution in [-0.4, -0.2) is 9.97 Å². The third kappa shape index (κ3) is 4.93. The zero-order chi connectivity index (χ0) is 21.8. The van der Waals surface area contributed by atoms with Crippen LogP contribution in [0.25, 0.3) is 10.8 Å². The molecule has 0 aliphatic rings. The number of aromatic nitrogens is 2. The Morgan fingerprint density at radius 1 is 0.677 bits per heavy atom. The van der Waals surface area contributed by atoms with Crippen molar-refractivity contribution < 1.29 is 13.2 Å². The van der Waals surface area contributed by atoms with Gasteiger partial charge in [0.05, 0.1) is 0 Å². The van der Waals surface area contributed by atoms with Gasteiger partial charge in [-0.3, -0.25) is 0 Å². The first kappa shape index (κ1) is 21.0. The molecular weight excluding hydrogens is 397 g/mol. The van der Waals surface area contributed by atoms with E-state index < -0.39 is 11.6 Å². The number of fused-ring (bicyclic) bond motifs is 1. The first-order valence-corrected chi connectivity index (χ1v) is 10.5. The van der Waals surface area contributed by atoms with Crippen molar-refractivity contribution in [3.63, 3.8) is 0 Å². The minimum atomic E-state index is -0.879. The largest absolute Gasteiger partial charge is 0.241 e. The van der Waals surface area contributed by atoms with Gasteiger partial charge in [0, 0.05) is 24.2 Å². The molecule has 0 saturated carbocycles. The summed E-state index contributed by atoms with van der Waals surface area (Å²) >= 11 is 0. The molecule has 2 nitrogen and oxygen atoms in total. The Kier molecular flexibility index (Phi) is 6.31. The molecule has 4 rings (SSSR count). The third-order valence-electron chi connectivity index (χ3n) is 5.57. The molecule has 3 aromatic carbocycles. The van der Waals surface area contributed by atoms with Gasteiger partial charge in [-0.15, -0.1) is 0 Å². The van der Waals surface area contributed by atoms with Crippen LogP contribution < -0.4 is 0 Å². The lowest BCUT2D eigenvalue weighted by atomic mass is 9.98. The first-order chi connectivity index (χ1) is 15.0. The quantitative estimate of drug-likeness (QED) is 0.357. The lowest BCUT2D eigenvalue weighted by Gasteiger charge is -2.09. The summed E-state index contributed by atoms with van der Waals surface area (Å²) in [7, 11) is 0. The van der Waals surface area contributed by atoms with E-state index in [2.05, 4.69) is 16.9 Å². The Morgan fingerprint density at radius 2 is 1.39 bits per heavy atom. The van der Waals surface area contributed by atoms with E-state index in [-0.39, 0.29) is 5.82 Å². The minimum absolute atomic E-state index is 0.259. The number of halogens is 3. The summed E-state index contributed by atoms with van der Waals surface area (Å²) in [5.41, 5.74) is 3.42. The maximum Gasteiger partial charge on any atom is 0.159 e. The average molecular weight is 420 g/mol. The topological polar surface area (TPSA) is 25.8 Å². The number of aryl methyl sites for hydroxylation is 5. The van der Waals surface area contributed by atoms with E-state index >= 15 is 4.39 Å².